The number of aryl methyl sites for hydroxylation is 1. The van der Waals surface area contributed by atoms with Gasteiger partial charge in [-0.05, 0) is 37.0 Å². The van der Waals surface area contributed by atoms with Gasteiger partial charge in [0.25, 0.3) is 11.5 Å². The standard InChI is InChI=1S/C17H21N3O3/c1-11(2)7-8-18-17(23)16-14(21)10-15(22)20(19-16)13-6-4-5-12(3)9-13/h4-6,9-11,21H,7-8H2,1-3H3,(H,18,23). The lowest BCUT2D eigenvalue weighted by Gasteiger charge is -2.10. The van der Waals surface area contributed by atoms with Crippen LogP contribution in [-0.2, 0) is 0 Å². The molecule has 1 aromatic heterocycles. The summed E-state index contributed by atoms with van der Waals surface area (Å²) in [4.78, 5) is 24.2. The van der Waals surface area contributed by atoms with E-state index in [0.29, 0.717) is 18.2 Å². The first-order valence-corrected chi connectivity index (χ1v) is 7.57. The molecule has 2 aromatic rings. The molecular formula is C17H21N3O3. The van der Waals surface area contributed by atoms with Gasteiger partial charge in [0.15, 0.2) is 11.4 Å². The monoisotopic (exact) mass is 315 g/mol. The van der Waals surface area contributed by atoms with Gasteiger partial charge in [0.2, 0.25) is 0 Å². The molecule has 122 valence electrons. The molecule has 6 heteroatoms. The topological polar surface area (TPSA) is 84.2 Å². The first kappa shape index (κ1) is 16.7. The lowest BCUT2D eigenvalue weighted by Crippen LogP contribution is -2.30. The van der Waals surface area contributed by atoms with E-state index in [1.807, 2.05) is 13.0 Å². The second-order valence-electron chi connectivity index (χ2n) is 5.91. The fourth-order valence-corrected chi connectivity index (χ4v) is 2.11. The summed E-state index contributed by atoms with van der Waals surface area (Å²) in [6, 6.07) is 8.21. The summed E-state index contributed by atoms with van der Waals surface area (Å²) in [7, 11) is 0. The van der Waals surface area contributed by atoms with Crippen molar-refractivity contribution in [3.05, 3.63) is 51.9 Å². The molecule has 1 aromatic carbocycles. The van der Waals surface area contributed by atoms with Crippen molar-refractivity contribution < 1.29 is 9.90 Å². The molecule has 0 saturated heterocycles. The van der Waals surface area contributed by atoms with Crippen molar-refractivity contribution in [2.24, 2.45) is 5.92 Å². The number of rotatable bonds is 5. The van der Waals surface area contributed by atoms with E-state index in [0.717, 1.165) is 22.7 Å². The van der Waals surface area contributed by atoms with Crippen molar-refractivity contribution in [2.45, 2.75) is 27.2 Å². The van der Waals surface area contributed by atoms with Gasteiger partial charge in [-0.1, -0.05) is 26.0 Å². The first-order chi connectivity index (χ1) is 10.9. The summed E-state index contributed by atoms with van der Waals surface area (Å²) < 4.78 is 1.12. The Bertz CT molecular complexity index is 766. The van der Waals surface area contributed by atoms with E-state index in [4.69, 9.17) is 0 Å². The van der Waals surface area contributed by atoms with Crippen LogP contribution in [0.5, 0.6) is 5.75 Å². The average Bonchev–Trinajstić information content (AvgIpc) is 2.46. The molecule has 2 rings (SSSR count). The van der Waals surface area contributed by atoms with Gasteiger partial charge in [-0.15, -0.1) is 0 Å². The highest BCUT2D eigenvalue weighted by molar-refractivity contribution is 5.94. The van der Waals surface area contributed by atoms with Gasteiger partial charge >= 0.3 is 0 Å². The molecule has 23 heavy (non-hydrogen) atoms. The Morgan fingerprint density at radius 1 is 1.35 bits per heavy atom. The van der Waals surface area contributed by atoms with Crippen molar-refractivity contribution in [2.75, 3.05) is 6.54 Å². The Morgan fingerprint density at radius 2 is 2.09 bits per heavy atom. The minimum atomic E-state index is -0.496. The first-order valence-electron chi connectivity index (χ1n) is 7.57. The van der Waals surface area contributed by atoms with Crippen LogP contribution in [0.4, 0.5) is 0 Å². The van der Waals surface area contributed by atoms with E-state index >= 15 is 0 Å². The molecule has 6 nitrogen and oxygen atoms in total. The van der Waals surface area contributed by atoms with Crippen LogP contribution in [-0.4, -0.2) is 27.3 Å². The Balaban J connectivity index is 2.33. The molecule has 0 fully saturated rings. The third-order valence-corrected chi connectivity index (χ3v) is 3.38. The highest BCUT2D eigenvalue weighted by atomic mass is 16.3. The van der Waals surface area contributed by atoms with Gasteiger partial charge < -0.3 is 10.4 Å². The predicted molar refractivity (Wildman–Crippen MR) is 88.0 cm³/mol. The average molecular weight is 315 g/mol. The molecule has 0 aliphatic rings. The van der Waals surface area contributed by atoms with Crippen LogP contribution in [0, 0.1) is 12.8 Å². The molecule has 0 unspecified atom stereocenters. The maximum Gasteiger partial charge on any atom is 0.275 e. The minimum absolute atomic E-state index is 0.158. The zero-order valence-corrected chi connectivity index (χ0v) is 13.5. The van der Waals surface area contributed by atoms with Gasteiger partial charge in [-0.2, -0.15) is 9.78 Å². The number of nitrogens with one attached hydrogen (secondary N) is 1. The second kappa shape index (κ2) is 7.09. The van der Waals surface area contributed by atoms with Crippen LogP contribution in [0.1, 0.15) is 36.3 Å². The number of hydrogen-bond donors (Lipinski definition) is 2. The fraction of sp³-hybridized carbons (Fsp3) is 0.353. The smallest absolute Gasteiger partial charge is 0.275 e. The van der Waals surface area contributed by atoms with Gasteiger partial charge in [-0.25, -0.2) is 0 Å². The fourth-order valence-electron chi connectivity index (χ4n) is 2.11. The second-order valence-corrected chi connectivity index (χ2v) is 5.91. The number of benzene rings is 1. The van der Waals surface area contributed by atoms with Gasteiger partial charge in [0.05, 0.1) is 5.69 Å². The van der Waals surface area contributed by atoms with Crippen LogP contribution in [0.25, 0.3) is 5.69 Å². The Labute approximate surface area is 134 Å². The molecule has 1 amide bonds. The Morgan fingerprint density at radius 3 is 2.74 bits per heavy atom. The summed E-state index contributed by atoms with van der Waals surface area (Å²) in [6.45, 7) is 6.50. The molecule has 0 saturated carbocycles. The van der Waals surface area contributed by atoms with Crippen molar-refractivity contribution in [3.8, 4) is 11.4 Å². The van der Waals surface area contributed by atoms with Gasteiger partial charge in [-0.3, -0.25) is 9.59 Å². The number of carbonyl (C=O) groups is 1. The maximum absolute atomic E-state index is 12.2. The molecule has 2 N–H and O–H groups in total. The molecule has 0 atom stereocenters. The number of aromatic hydroxyl groups is 1. The summed E-state index contributed by atoms with van der Waals surface area (Å²) >= 11 is 0. The number of carbonyl (C=O) groups excluding carboxylic acids is 1. The van der Waals surface area contributed by atoms with E-state index < -0.39 is 17.2 Å². The molecule has 0 aliphatic heterocycles. The van der Waals surface area contributed by atoms with E-state index in [2.05, 4.69) is 24.3 Å². The number of hydrogen-bond acceptors (Lipinski definition) is 4. The molecule has 0 spiro atoms. The van der Waals surface area contributed by atoms with E-state index in [9.17, 15) is 14.7 Å². The largest absolute Gasteiger partial charge is 0.505 e. The SMILES string of the molecule is Cc1cccc(-n2nc(C(=O)NCCC(C)C)c(O)cc2=O)c1. The van der Waals surface area contributed by atoms with E-state index in [-0.39, 0.29) is 5.69 Å². The van der Waals surface area contributed by atoms with Crippen molar-refractivity contribution >= 4 is 5.91 Å². The maximum atomic E-state index is 12.2. The van der Waals surface area contributed by atoms with Crippen LogP contribution >= 0.6 is 0 Å². The highest BCUT2D eigenvalue weighted by Gasteiger charge is 2.16. The quantitative estimate of drug-likeness (QED) is 0.884. The van der Waals surface area contributed by atoms with E-state index in [1.54, 1.807) is 18.2 Å². The van der Waals surface area contributed by atoms with Crippen molar-refractivity contribution in [1.82, 2.24) is 15.1 Å². The number of nitrogens with zero attached hydrogens (tertiary/aromatic N) is 2. The van der Waals surface area contributed by atoms with Gasteiger partial charge in [0.1, 0.15) is 0 Å². The third-order valence-electron chi connectivity index (χ3n) is 3.38. The summed E-state index contributed by atoms with van der Waals surface area (Å²) in [5.74, 6) is -0.455. The molecule has 1 heterocycles. The molecule has 0 aliphatic carbocycles. The van der Waals surface area contributed by atoms with Crippen molar-refractivity contribution in [3.63, 3.8) is 0 Å². The Kier molecular flexibility index (Phi) is 5.16. The lowest BCUT2D eigenvalue weighted by molar-refractivity contribution is 0.0942. The normalized spacial score (nSPS) is 10.8. The summed E-state index contributed by atoms with van der Waals surface area (Å²) in [5, 5.41) is 16.6. The molecular weight excluding hydrogens is 294 g/mol. The van der Waals surface area contributed by atoms with Crippen LogP contribution in [0.15, 0.2) is 35.1 Å². The number of amides is 1. The number of aromatic nitrogens is 2. The van der Waals surface area contributed by atoms with Crippen molar-refractivity contribution in [1.29, 1.82) is 0 Å². The van der Waals surface area contributed by atoms with Crippen LogP contribution in [0.3, 0.4) is 0 Å². The zero-order chi connectivity index (χ0) is 17.0. The lowest BCUT2D eigenvalue weighted by atomic mass is 10.1. The minimum Gasteiger partial charge on any atom is -0.505 e. The molecule has 0 radical (unpaired) electrons. The zero-order valence-electron chi connectivity index (χ0n) is 13.5. The molecule has 0 bridgehead atoms. The summed E-state index contributed by atoms with van der Waals surface area (Å²) in [5.41, 5.74) is 0.861. The third kappa shape index (κ3) is 4.18. The predicted octanol–water partition coefficient (Wildman–Crippen LogP) is 2.02. The van der Waals surface area contributed by atoms with Gasteiger partial charge in [0, 0.05) is 12.6 Å². The van der Waals surface area contributed by atoms with Crippen LogP contribution < -0.4 is 10.9 Å². The van der Waals surface area contributed by atoms with Crippen LogP contribution in [0.2, 0.25) is 0 Å². The Hall–Kier alpha value is -2.63. The van der Waals surface area contributed by atoms with E-state index in [1.165, 1.54) is 0 Å². The summed E-state index contributed by atoms with van der Waals surface area (Å²) in [6.07, 6.45) is 0.823. The highest BCUT2D eigenvalue weighted by Crippen LogP contribution is 2.13.